The van der Waals surface area contributed by atoms with E-state index in [1.54, 1.807) is 11.8 Å². The van der Waals surface area contributed by atoms with Crippen LogP contribution in [0.2, 0.25) is 0 Å². The second-order valence-electron chi connectivity index (χ2n) is 4.75. The van der Waals surface area contributed by atoms with Crippen LogP contribution in [-0.4, -0.2) is 22.1 Å². The first-order chi connectivity index (χ1) is 7.52. The van der Waals surface area contributed by atoms with Crippen molar-refractivity contribution in [2.75, 3.05) is 5.75 Å². The van der Waals surface area contributed by atoms with E-state index in [-0.39, 0.29) is 11.2 Å². The van der Waals surface area contributed by atoms with Crippen LogP contribution >= 0.6 is 11.8 Å². The second-order valence-corrected chi connectivity index (χ2v) is 5.93. The topological polar surface area (TPSA) is 37.3 Å². The maximum atomic E-state index is 11.0. The minimum Gasteiger partial charge on any atom is -0.480 e. The van der Waals surface area contributed by atoms with Gasteiger partial charge < -0.3 is 5.11 Å². The lowest BCUT2D eigenvalue weighted by Gasteiger charge is -2.19. The molecule has 0 bridgehead atoms. The third-order valence-electron chi connectivity index (χ3n) is 2.90. The first-order valence-electron chi connectivity index (χ1n) is 6.37. The highest BCUT2D eigenvalue weighted by Gasteiger charge is 2.22. The van der Waals surface area contributed by atoms with Gasteiger partial charge in [-0.25, -0.2) is 0 Å². The zero-order valence-corrected chi connectivity index (χ0v) is 11.8. The van der Waals surface area contributed by atoms with Crippen LogP contribution in [0.3, 0.4) is 0 Å². The molecule has 96 valence electrons. The van der Waals surface area contributed by atoms with Gasteiger partial charge in [0.1, 0.15) is 5.25 Å². The molecule has 16 heavy (non-hydrogen) atoms. The third-order valence-corrected chi connectivity index (χ3v) is 4.67. The van der Waals surface area contributed by atoms with Gasteiger partial charge in [-0.05, 0) is 24.0 Å². The highest BCUT2D eigenvalue weighted by Crippen LogP contribution is 2.25. The Morgan fingerprint density at radius 3 is 2.31 bits per heavy atom. The molecule has 0 aliphatic rings. The molecule has 0 amide bonds. The molecular formula is C13H26O2S. The number of carboxylic acids is 1. The molecule has 0 rings (SSSR count). The number of aliphatic carboxylic acids is 1. The summed E-state index contributed by atoms with van der Waals surface area (Å²) in [5, 5.41) is 8.84. The standard InChI is InChI=1S/C13H26O2S/c1-5-7-8-11(6-2)9-16-12(10(3)4)13(14)15/h10-12H,5-9H2,1-4H3,(H,14,15). The number of hydrogen-bond donors (Lipinski definition) is 1. The molecule has 0 spiro atoms. The first kappa shape index (κ1) is 15.8. The predicted molar refractivity (Wildman–Crippen MR) is 72.0 cm³/mol. The van der Waals surface area contributed by atoms with E-state index >= 15 is 0 Å². The van der Waals surface area contributed by atoms with Crippen LogP contribution in [0.25, 0.3) is 0 Å². The Labute approximate surface area is 104 Å². The van der Waals surface area contributed by atoms with E-state index in [1.165, 1.54) is 19.3 Å². The zero-order chi connectivity index (χ0) is 12.6. The van der Waals surface area contributed by atoms with Gasteiger partial charge in [0.2, 0.25) is 0 Å². The van der Waals surface area contributed by atoms with E-state index in [9.17, 15) is 4.79 Å². The van der Waals surface area contributed by atoms with Gasteiger partial charge >= 0.3 is 5.97 Å². The number of carbonyl (C=O) groups is 1. The van der Waals surface area contributed by atoms with Gasteiger partial charge in [0.05, 0.1) is 0 Å². The third kappa shape index (κ3) is 6.41. The van der Waals surface area contributed by atoms with E-state index in [2.05, 4.69) is 13.8 Å². The summed E-state index contributed by atoms with van der Waals surface area (Å²) < 4.78 is 0. The Morgan fingerprint density at radius 2 is 1.94 bits per heavy atom. The van der Waals surface area contributed by atoms with Crippen LogP contribution < -0.4 is 0 Å². The van der Waals surface area contributed by atoms with Crippen LogP contribution in [0.5, 0.6) is 0 Å². The van der Waals surface area contributed by atoms with Crippen molar-refractivity contribution in [1.29, 1.82) is 0 Å². The molecule has 0 aromatic heterocycles. The van der Waals surface area contributed by atoms with Crippen LogP contribution in [-0.2, 0) is 4.79 Å². The lowest BCUT2D eigenvalue weighted by atomic mass is 10.0. The summed E-state index contributed by atoms with van der Waals surface area (Å²) >= 11 is 1.62. The molecule has 1 N–H and O–H groups in total. The number of rotatable bonds is 9. The largest absolute Gasteiger partial charge is 0.480 e. The van der Waals surface area contributed by atoms with Crippen molar-refractivity contribution in [3.63, 3.8) is 0 Å². The quantitative estimate of drug-likeness (QED) is 0.667. The molecule has 0 aliphatic heterocycles. The number of unbranched alkanes of at least 4 members (excludes halogenated alkanes) is 1. The number of hydrogen-bond acceptors (Lipinski definition) is 2. The van der Waals surface area contributed by atoms with Crippen molar-refractivity contribution in [3.05, 3.63) is 0 Å². The summed E-state index contributed by atoms with van der Waals surface area (Å²) in [5.41, 5.74) is 0. The normalized spacial score (nSPS) is 15.1. The molecule has 0 aromatic carbocycles. The van der Waals surface area contributed by atoms with Gasteiger partial charge in [-0.15, -0.1) is 11.8 Å². The summed E-state index contributed by atoms with van der Waals surface area (Å²) in [4.78, 5) is 11.0. The monoisotopic (exact) mass is 246 g/mol. The van der Waals surface area contributed by atoms with Crippen LogP contribution in [0, 0.1) is 11.8 Å². The van der Waals surface area contributed by atoms with Gasteiger partial charge in [-0.3, -0.25) is 4.79 Å². The van der Waals surface area contributed by atoms with E-state index < -0.39 is 5.97 Å². The highest BCUT2D eigenvalue weighted by molar-refractivity contribution is 8.00. The molecule has 2 atom stereocenters. The average molecular weight is 246 g/mol. The fraction of sp³-hybridized carbons (Fsp3) is 0.923. The van der Waals surface area contributed by atoms with Crippen LogP contribution in [0.1, 0.15) is 53.4 Å². The second kappa shape index (κ2) is 8.91. The maximum Gasteiger partial charge on any atom is 0.316 e. The first-order valence-corrected chi connectivity index (χ1v) is 7.42. The van der Waals surface area contributed by atoms with Crippen LogP contribution in [0.4, 0.5) is 0 Å². The predicted octanol–water partition coefficient (Wildman–Crippen LogP) is 4.05. The minimum absolute atomic E-state index is 0.214. The summed E-state index contributed by atoms with van der Waals surface area (Å²) in [5.74, 6) is 1.23. The van der Waals surface area contributed by atoms with E-state index in [4.69, 9.17) is 5.11 Å². The Balaban J connectivity index is 4.01. The van der Waals surface area contributed by atoms with Crippen molar-refractivity contribution in [3.8, 4) is 0 Å². The summed E-state index contributed by atoms with van der Waals surface area (Å²) in [7, 11) is 0. The summed E-state index contributed by atoms with van der Waals surface area (Å²) in [6.07, 6.45) is 4.90. The van der Waals surface area contributed by atoms with Gasteiger partial charge in [0.25, 0.3) is 0 Å². The van der Waals surface area contributed by atoms with Crippen molar-refractivity contribution < 1.29 is 9.90 Å². The molecule has 2 nitrogen and oxygen atoms in total. The zero-order valence-electron chi connectivity index (χ0n) is 11.0. The molecule has 0 aromatic rings. The molecule has 0 fully saturated rings. The van der Waals surface area contributed by atoms with Crippen LogP contribution in [0.15, 0.2) is 0 Å². The number of carboxylic acid groups (broad SMARTS) is 1. The summed E-state index contributed by atoms with van der Waals surface area (Å²) in [6, 6.07) is 0. The van der Waals surface area contributed by atoms with Gasteiger partial charge in [-0.1, -0.05) is 47.0 Å². The molecule has 0 saturated carbocycles. The van der Waals surface area contributed by atoms with Crippen molar-refractivity contribution in [2.24, 2.45) is 11.8 Å². The molecule has 0 radical (unpaired) electrons. The fourth-order valence-corrected chi connectivity index (χ4v) is 3.10. The molecule has 0 saturated heterocycles. The van der Waals surface area contributed by atoms with Crippen molar-refractivity contribution in [2.45, 2.75) is 58.6 Å². The molecule has 0 heterocycles. The average Bonchev–Trinajstić information content (AvgIpc) is 2.22. The number of thioether (sulfide) groups is 1. The van der Waals surface area contributed by atoms with Gasteiger partial charge in [-0.2, -0.15) is 0 Å². The SMILES string of the molecule is CCCCC(CC)CSC(C(=O)O)C(C)C. The van der Waals surface area contributed by atoms with Gasteiger partial charge in [0.15, 0.2) is 0 Å². The molecule has 2 unspecified atom stereocenters. The Hall–Kier alpha value is -0.180. The van der Waals surface area contributed by atoms with E-state index in [1.807, 2.05) is 13.8 Å². The Kier molecular flexibility index (Phi) is 8.81. The lowest BCUT2D eigenvalue weighted by Crippen LogP contribution is -2.24. The Bertz CT molecular complexity index is 192. The fourth-order valence-electron chi connectivity index (χ4n) is 1.69. The van der Waals surface area contributed by atoms with E-state index in [0.29, 0.717) is 5.92 Å². The smallest absolute Gasteiger partial charge is 0.316 e. The van der Waals surface area contributed by atoms with Crippen molar-refractivity contribution in [1.82, 2.24) is 0 Å². The summed E-state index contributed by atoms with van der Waals surface area (Å²) in [6.45, 7) is 8.37. The lowest BCUT2D eigenvalue weighted by molar-refractivity contribution is -0.137. The van der Waals surface area contributed by atoms with E-state index in [0.717, 1.165) is 12.2 Å². The molecular weight excluding hydrogens is 220 g/mol. The van der Waals surface area contributed by atoms with Crippen molar-refractivity contribution >= 4 is 17.7 Å². The van der Waals surface area contributed by atoms with Gasteiger partial charge in [0, 0.05) is 0 Å². The Morgan fingerprint density at radius 1 is 1.31 bits per heavy atom. The molecule has 0 aliphatic carbocycles. The molecule has 3 heteroatoms. The maximum absolute atomic E-state index is 11.0. The highest BCUT2D eigenvalue weighted by atomic mass is 32.2. The minimum atomic E-state index is -0.662.